The number of hydrogen-bond acceptors (Lipinski definition) is 1. The van der Waals surface area contributed by atoms with Crippen LogP contribution in [0, 0.1) is 37.2 Å². The minimum atomic E-state index is -1.19. The lowest BCUT2D eigenvalue weighted by Gasteiger charge is -2.22. The van der Waals surface area contributed by atoms with Gasteiger partial charge in [-0.3, -0.25) is 0 Å². The topological polar surface area (TPSA) is 12.0 Å². The number of rotatable bonds is 4. The largest absolute Gasteiger partial charge is 0.382 e. The van der Waals surface area contributed by atoms with Crippen LogP contribution in [-0.2, 0) is 0 Å². The van der Waals surface area contributed by atoms with Gasteiger partial charge in [-0.05, 0) is 37.8 Å². The van der Waals surface area contributed by atoms with E-state index >= 15 is 0 Å². The Kier molecular flexibility index (Phi) is 4.66. The molecule has 4 heteroatoms. The van der Waals surface area contributed by atoms with Gasteiger partial charge < -0.3 is 5.32 Å². The van der Waals surface area contributed by atoms with Crippen LogP contribution in [0.25, 0.3) is 5.70 Å². The van der Waals surface area contributed by atoms with Crippen LogP contribution in [0.5, 0.6) is 0 Å². The summed E-state index contributed by atoms with van der Waals surface area (Å²) in [4.78, 5) is 0. The van der Waals surface area contributed by atoms with Crippen molar-refractivity contribution >= 4 is 5.70 Å². The fourth-order valence-electron chi connectivity index (χ4n) is 1.67. The van der Waals surface area contributed by atoms with Crippen molar-refractivity contribution in [3.8, 4) is 0 Å². The van der Waals surface area contributed by atoms with Crippen LogP contribution in [0.4, 0.5) is 13.2 Å². The molecule has 1 N–H and O–H groups in total. The molecule has 0 fully saturated rings. The first-order chi connectivity index (χ1) is 8.68. The van der Waals surface area contributed by atoms with Crippen molar-refractivity contribution in [2.75, 3.05) is 0 Å². The predicted molar refractivity (Wildman–Crippen MR) is 72.3 cm³/mol. The highest BCUT2D eigenvalue weighted by Crippen LogP contribution is 2.28. The van der Waals surface area contributed by atoms with Crippen LogP contribution < -0.4 is 5.32 Å². The second-order valence-corrected chi connectivity index (χ2v) is 5.22. The minimum Gasteiger partial charge on any atom is -0.382 e. The highest BCUT2D eigenvalue weighted by Gasteiger charge is 2.23. The Balaban J connectivity index is 3.25. The maximum Gasteiger partial charge on any atom is 0.171 e. The SMILES string of the molecule is C=C(NC(C)C(C)C)c1c(F)c(C)c(C)c(F)c1F. The molecule has 1 rings (SSSR count). The zero-order valence-corrected chi connectivity index (χ0v) is 12.0. The molecule has 0 aliphatic carbocycles. The summed E-state index contributed by atoms with van der Waals surface area (Å²) in [6, 6.07) is -0.0176. The lowest BCUT2D eigenvalue weighted by Crippen LogP contribution is -2.30. The van der Waals surface area contributed by atoms with Gasteiger partial charge in [0.2, 0.25) is 0 Å². The maximum atomic E-state index is 14.1. The van der Waals surface area contributed by atoms with Crippen LogP contribution in [0.3, 0.4) is 0 Å². The standard InChI is InChI=1S/C15H20F3N/c1-7(2)10(5)19-11(6)12-13(16)8(3)9(4)14(17)15(12)18/h7,10,19H,6H2,1-5H3. The molecule has 0 aliphatic heterocycles. The van der Waals surface area contributed by atoms with E-state index in [4.69, 9.17) is 0 Å². The molecule has 0 aliphatic rings. The van der Waals surface area contributed by atoms with Gasteiger partial charge in [0, 0.05) is 11.7 Å². The fourth-order valence-corrected chi connectivity index (χ4v) is 1.67. The molecule has 1 aromatic carbocycles. The first-order valence-electron chi connectivity index (χ1n) is 6.27. The molecule has 1 nitrogen and oxygen atoms in total. The normalized spacial score (nSPS) is 12.7. The Morgan fingerprint density at radius 3 is 1.89 bits per heavy atom. The molecular weight excluding hydrogens is 251 g/mol. The van der Waals surface area contributed by atoms with Crippen molar-refractivity contribution in [2.24, 2.45) is 5.92 Å². The molecule has 0 heterocycles. The molecule has 0 saturated carbocycles. The van der Waals surface area contributed by atoms with Crippen LogP contribution >= 0.6 is 0 Å². The Hall–Kier alpha value is -1.45. The van der Waals surface area contributed by atoms with Crippen molar-refractivity contribution in [2.45, 2.75) is 40.7 Å². The lowest BCUT2D eigenvalue weighted by atomic mass is 10.00. The summed E-state index contributed by atoms with van der Waals surface area (Å²) >= 11 is 0. The van der Waals surface area contributed by atoms with E-state index in [1.165, 1.54) is 13.8 Å². The van der Waals surface area contributed by atoms with Crippen LogP contribution in [-0.4, -0.2) is 6.04 Å². The van der Waals surface area contributed by atoms with Gasteiger partial charge in [0.15, 0.2) is 11.6 Å². The van der Waals surface area contributed by atoms with Gasteiger partial charge in [0.05, 0.1) is 5.56 Å². The van der Waals surface area contributed by atoms with Crippen molar-refractivity contribution in [3.63, 3.8) is 0 Å². The van der Waals surface area contributed by atoms with Crippen molar-refractivity contribution < 1.29 is 13.2 Å². The zero-order valence-electron chi connectivity index (χ0n) is 12.0. The first kappa shape index (κ1) is 15.6. The molecule has 1 aromatic rings. The van der Waals surface area contributed by atoms with E-state index in [-0.39, 0.29) is 28.8 Å². The molecule has 106 valence electrons. The van der Waals surface area contributed by atoms with E-state index in [1.807, 2.05) is 20.8 Å². The fraction of sp³-hybridized carbons (Fsp3) is 0.467. The van der Waals surface area contributed by atoms with Gasteiger partial charge >= 0.3 is 0 Å². The zero-order chi connectivity index (χ0) is 14.9. The molecule has 19 heavy (non-hydrogen) atoms. The lowest BCUT2D eigenvalue weighted by molar-refractivity contribution is 0.465. The minimum absolute atomic E-state index is 0.0107. The third-order valence-corrected chi connectivity index (χ3v) is 3.56. The van der Waals surface area contributed by atoms with Gasteiger partial charge in [0.1, 0.15) is 5.82 Å². The average Bonchev–Trinajstić information content (AvgIpc) is 2.34. The van der Waals surface area contributed by atoms with E-state index in [2.05, 4.69) is 11.9 Å². The molecule has 0 aromatic heterocycles. The van der Waals surface area contributed by atoms with Gasteiger partial charge in [-0.1, -0.05) is 20.4 Å². The Morgan fingerprint density at radius 1 is 0.947 bits per heavy atom. The first-order valence-corrected chi connectivity index (χ1v) is 6.27. The summed E-state index contributed by atoms with van der Waals surface area (Å²) in [5.41, 5.74) is -0.246. The smallest absolute Gasteiger partial charge is 0.171 e. The van der Waals surface area contributed by atoms with E-state index < -0.39 is 23.0 Å². The summed E-state index contributed by atoms with van der Waals surface area (Å²) in [6.07, 6.45) is 0. The Labute approximate surface area is 112 Å². The maximum absolute atomic E-state index is 14.1. The quantitative estimate of drug-likeness (QED) is 0.804. The highest BCUT2D eigenvalue weighted by molar-refractivity contribution is 5.64. The number of nitrogens with one attached hydrogen (secondary N) is 1. The van der Waals surface area contributed by atoms with Crippen molar-refractivity contribution in [1.29, 1.82) is 0 Å². The summed E-state index contributed by atoms with van der Waals surface area (Å²) in [7, 11) is 0. The second kappa shape index (κ2) is 5.68. The monoisotopic (exact) mass is 271 g/mol. The van der Waals surface area contributed by atoms with Crippen LogP contribution in [0.1, 0.15) is 37.5 Å². The molecule has 1 unspecified atom stereocenters. The number of benzene rings is 1. The summed E-state index contributed by atoms with van der Waals surface area (Å²) in [5, 5.41) is 2.91. The summed E-state index contributed by atoms with van der Waals surface area (Å²) in [6.45, 7) is 12.2. The summed E-state index contributed by atoms with van der Waals surface area (Å²) in [5.74, 6) is -2.70. The van der Waals surface area contributed by atoms with Gasteiger partial charge in [-0.2, -0.15) is 0 Å². The van der Waals surface area contributed by atoms with Crippen LogP contribution in [0.15, 0.2) is 6.58 Å². The molecule has 0 amide bonds. The second-order valence-electron chi connectivity index (χ2n) is 5.22. The van der Waals surface area contributed by atoms with Gasteiger partial charge in [0.25, 0.3) is 0 Å². The number of hydrogen-bond donors (Lipinski definition) is 1. The molecule has 0 spiro atoms. The van der Waals surface area contributed by atoms with Crippen molar-refractivity contribution in [1.82, 2.24) is 5.32 Å². The van der Waals surface area contributed by atoms with E-state index in [1.54, 1.807) is 0 Å². The highest BCUT2D eigenvalue weighted by atomic mass is 19.2. The predicted octanol–water partition coefficient (Wildman–Crippen LogP) is 4.33. The van der Waals surface area contributed by atoms with E-state index in [9.17, 15) is 13.2 Å². The van der Waals surface area contributed by atoms with E-state index in [0.717, 1.165) is 0 Å². The molecule has 0 radical (unpaired) electrons. The van der Waals surface area contributed by atoms with Crippen molar-refractivity contribution in [3.05, 3.63) is 40.7 Å². The Morgan fingerprint density at radius 2 is 1.42 bits per heavy atom. The average molecular weight is 271 g/mol. The third-order valence-electron chi connectivity index (χ3n) is 3.56. The van der Waals surface area contributed by atoms with Gasteiger partial charge in [-0.25, -0.2) is 13.2 Å². The van der Waals surface area contributed by atoms with E-state index in [0.29, 0.717) is 0 Å². The van der Waals surface area contributed by atoms with Gasteiger partial charge in [-0.15, -0.1) is 0 Å². The Bertz CT molecular complexity index is 478. The molecule has 1 atom stereocenters. The molecule has 0 saturated heterocycles. The number of halogens is 3. The van der Waals surface area contributed by atoms with Crippen LogP contribution in [0.2, 0.25) is 0 Å². The summed E-state index contributed by atoms with van der Waals surface area (Å²) < 4.78 is 41.7. The third kappa shape index (κ3) is 2.94. The molecule has 0 bridgehead atoms. The molecular formula is C15H20F3N.